The van der Waals surface area contributed by atoms with Crippen molar-refractivity contribution in [1.29, 1.82) is 0 Å². The average molecular weight is 258 g/mol. The van der Waals surface area contributed by atoms with Crippen LogP contribution in [0, 0.1) is 0 Å². The van der Waals surface area contributed by atoms with Gasteiger partial charge in [-0.15, -0.1) is 0 Å². The Kier molecular flexibility index (Phi) is 4.19. The zero-order chi connectivity index (χ0) is 10.6. The van der Waals surface area contributed by atoms with Crippen LogP contribution in [-0.2, 0) is 9.19 Å². The summed E-state index contributed by atoms with van der Waals surface area (Å²) >= 11 is 9.99. The quantitative estimate of drug-likeness (QED) is 0.511. The number of para-hydroxylation sites is 1. The third kappa shape index (κ3) is 4.28. The van der Waals surface area contributed by atoms with Crippen LogP contribution in [0.2, 0.25) is 0 Å². The summed E-state index contributed by atoms with van der Waals surface area (Å²) in [5.41, 5.74) is 0. The normalized spacial score (nSPS) is 15.1. The molecule has 1 atom stereocenters. The third-order valence-corrected chi connectivity index (χ3v) is 2.27. The van der Waals surface area contributed by atoms with Gasteiger partial charge < -0.3 is 4.52 Å². The number of nitrogens with zero attached hydrogens (tertiary/aromatic N) is 1. The van der Waals surface area contributed by atoms with Gasteiger partial charge in [0.25, 0.3) is 0 Å². The smallest absolute Gasteiger partial charge is 0.403 e. The van der Waals surface area contributed by atoms with E-state index in [1.165, 1.54) is 12.1 Å². The van der Waals surface area contributed by atoms with Crippen molar-refractivity contribution >= 4 is 31.4 Å². The maximum Gasteiger partial charge on any atom is 0.546 e. The molecule has 0 bridgehead atoms. The summed E-state index contributed by atoms with van der Waals surface area (Å²) in [7, 11) is -4.31. The molecule has 0 spiro atoms. The maximum atomic E-state index is 11.1. The first-order valence-corrected chi connectivity index (χ1v) is 5.55. The van der Waals surface area contributed by atoms with E-state index in [4.69, 9.17) is 28.4 Å². The molecule has 0 aliphatic carbocycles. The van der Waals surface area contributed by atoms with E-state index in [1.54, 1.807) is 18.2 Å². The number of rotatable bonds is 4. The molecule has 78 valence electrons. The molecule has 1 unspecified atom stereocenters. The lowest BCUT2D eigenvalue weighted by Crippen LogP contribution is -2.02. The van der Waals surface area contributed by atoms with E-state index >= 15 is 0 Å². The van der Waals surface area contributed by atoms with Crippen molar-refractivity contribution in [3.63, 3.8) is 0 Å². The number of hydrogen-bond donors (Lipinski definition) is 1. The standard InChI is InChI=1S/C6H6Cl2NO4P/c7-9(8)13-14(10,11)12-6-4-2-1-3-5-6/h1-5H,(H,10,11). The molecule has 0 saturated carbocycles. The lowest BCUT2D eigenvalue weighted by Gasteiger charge is -2.12. The fourth-order valence-corrected chi connectivity index (χ4v) is 1.75. The minimum absolute atomic E-state index is 0.0592. The molecule has 0 saturated heterocycles. The van der Waals surface area contributed by atoms with Crippen LogP contribution in [0.25, 0.3) is 0 Å². The van der Waals surface area contributed by atoms with Crippen LogP contribution in [0.15, 0.2) is 30.3 Å². The van der Waals surface area contributed by atoms with Crippen molar-refractivity contribution in [1.82, 2.24) is 4.10 Å². The van der Waals surface area contributed by atoms with Gasteiger partial charge in [0.15, 0.2) is 0 Å². The van der Waals surface area contributed by atoms with Crippen molar-refractivity contribution in [3.8, 4) is 5.75 Å². The fourth-order valence-electron chi connectivity index (χ4n) is 0.709. The van der Waals surface area contributed by atoms with E-state index in [0.717, 1.165) is 0 Å². The minimum Gasteiger partial charge on any atom is -0.403 e. The first-order valence-electron chi connectivity index (χ1n) is 3.38. The fraction of sp³-hybridized carbons (Fsp3) is 0. The van der Waals surface area contributed by atoms with E-state index in [1.807, 2.05) is 0 Å². The first-order chi connectivity index (χ1) is 6.49. The number of benzene rings is 1. The molecule has 1 rings (SSSR count). The van der Waals surface area contributed by atoms with Crippen molar-refractivity contribution in [2.75, 3.05) is 0 Å². The van der Waals surface area contributed by atoms with Gasteiger partial charge in [-0.1, -0.05) is 18.2 Å². The maximum absolute atomic E-state index is 11.1. The van der Waals surface area contributed by atoms with Crippen LogP contribution in [0.1, 0.15) is 0 Å². The summed E-state index contributed by atoms with van der Waals surface area (Å²) in [4.78, 5) is 9.04. The van der Waals surface area contributed by atoms with Crippen LogP contribution in [0.4, 0.5) is 0 Å². The summed E-state index contributed by atoms with van der Waals surface area (Å²) < 4.78 is 19.8. The second kappa shape index (κ2) is 4.98. The van der Waals surface area contributed by atoms with Gasteiger partial charge in [-0.05, 0) is 12.1 Å². The topological polar surface area (TPSA) is 59.0 Å². The van der Waals surface area contributed by atoms with Crippen LogP contribution >= 0.6 is 31.4 Å². The lowest BCUT2D eigenvalue weighted by atomic mass is 10.3. The van der Waals surface area contributed by atoms with Gasteiger partial charge in [0, 0.05) is 27.7 Å². The summed E-state index contributed by atoms with van der Waals surface area (Å²) in [6, 6.07) is 7.96. The Balaban J connectivity index is 2.64. The largest absolute Gasteiger partial charge is 0.546 e. The van der Waals surface area contributed by atoms with Gasteiger partial charge in [0.05, 0.1) is 0 Å². The molecule has 0 aromatic heterocycles. The lowest BCUT2D eigenvalue weighted by molar-refractivity contribution is 0.0838. The van der Waals surface area contributed by atoms with Gasteiger partial charge in [0.2, 0.25) is 0 Å². The SMILES string of the molecule is O=P(O)(Oc1ccccc1)ON(Cl)Cl. The molecule has 1 aromatic rings. The highest BCUT2D eigenvalue weighted by atomic mass is 35.5. The molecular formula is C6H6Cl2NO4P. The molecule has 0 radical (unpaired) electrons. The Morgan fingerprint density at radius 1 is 1.29 bits per heavy atom. The Morgan fingerprint density at radius 3 is 2.36 bits per heavy atom. The van der Waals surface area contributed by atoms with Gasteiger partial charge >= 0.3 is 7.82 Å². The second-order valence-corrected chi connectivity index (χ2v) is 4.23. The van der Waals surface area contributed by atoms with Gasteiger partial charge in [-0.25, -0.2) is 4.57 Å². The Hall–Kier alpha value is -0.290. The molecule has 0 fully saturated rings. The van der Waals surface area contributed by atoms with Crippen molar-refractivity contribution in [2.45, 2.75) is 0 Å². The van der Waals surface area contributed by atoms with Crippen LogP contribution in [-0.4, -0.2) is 8.99 Å². The Morgan fingerprint density at radius 2 is 1.86 bits per heavy atom. The first kappa shape index (κ1) is 11.8. The van der Waals surface area contributed by atoms with E-state index in [9.17, 15) is 4.57 Å². The number of halogens is 2. The van der Waals surface area contributed by atoms with Gasteiger partial charge in [-0.2, -0.15) is 4.62 Å². The molecule has 1 aromatic carbocycles. The van der Waals surface area contributed by atoms with Gasteiger partial charge in [-0.3, -0.25) is 4.89 Å². The average Bonchev–Trinajstić information content (AvgIpc) is 2.02. The highest BCUT2D eigenvalue weighted by Gasteiger charge is 2.26. The number of phosphoric ester groups is 1. The van der Waals surface area contributed by atoms with E-state index in [0.29, 0.717) is 0 Å². The third-order valence-electron chi connectivity index (χ3n) is 1.13. The molecular weight excluding hydrogens is 252 g/mol. The van der Waals surface area contributed by atoms with E-state index in [-0.39, 0.29) is 9.85 Å². The monoisotopic (exact) mass is 257 g/mol. The van der Waals surface area contributed by atoms with Gasteiger partial charge in [0.1, 0.15) is 5.75 Å². The van der Waals surface area contributed by atoms with E-state index < -0.39 is 7.82 Å². The molecule has 8 heteroatoms. The summed E-state index contributed by atoms with van der Waals surface area (Å²) in [6.07, 6.45) is 0. The van der Waals surface area contributed by atoms with Crippen molar-refractivity contribution in [3.05, 3.63) is 30.3 Å². The highest BCUT2D eigenvalue weighted by Crippen LogP contribution is 2.45. The number of phosphoric acid groups is 1. The molecule has 0 amide bonds. The summed E-state index contributed by atoms with van der Waals surface area (Å²) in [5.74, 6) is 0.175. The molecule has 0 heterocycles. The summed E-state index contributed by atoms with van der Waals surface area (Å²) in [6.45, 7) is 0. The minimum atomic E-state index is -4.31. The molecule has 0 aliphatic heterocycles. The van der Waals surface area contributed by atoms with Crippen molar-refractivity contribution < 1.29 is 18.6 Å². The molecule has 0 aliphatic rings. The molecule has 1 N–H and O–H groups in total. The zero-order valence-corrected chi connectivity index (χ0v) is 9.12. The summed E-state index contributed by atoms with van der Waals surface area (Å²) in [5, 5.41) is 0. The number of hydrogen-bond acceptors (Lipinski definition) is 4. The van der Waals surface area contributed by atoms with Crippen LogP contribution in [0.5, 0.6) is 5.75 Å². The van der Waals surface area contributed by atoms with Crippen LogP contribution in [0.3, 0.4) is 0 Å². The molecule has 5 nitrogen and oxygen atoms in total. The predicted molar refractivity (Wildman–Crippen MR) is 51.5 cm³/mol. The Labute approximate surface area is 90.5 Å². The molecule has 14 heavy (non-hydrogen) atoms. The van der Waals surface area contributed by atoms with Crippen LogP contribution < -0.4 is 4.52 Å². The predicted octanol–water partition coefficient (Wildman–Crippen LogP) is 2.71. The van der Waals surface area contributed by atoms with Crippen molar-refractivity contribution in [2.24, 2.45) is 0 Å². The zero-order valence-electron chi connectivity index (χ0n) is 6.71. The highest BCUT2D eigenvalue weighted by molar-refractivity contribution is 7.47. The Bertz CT molecular complexity index is 334. The van der Waals surface area contributed by atoms with E-state index in [2.05, 4.69) is 9.15 Å². The second-order valence-electron chi connectivity index (χ2n) is 2.16.